The van der Waals surface area contributed by atoms with Crippen LogP contribution in [0.4, 0.5) is 0 Å². The molecule has 0 bridgehead atoms. The van der Waals surface area contributed by atoms with Crippen molar-refractivity contribution in [1.29, 1.82) is 0 Å². The average Bonchev–Trinajstić information content (AvgIpc) is 3.21. The molecule has 1 saturated heterocycles. The van der Waals surface area contributed by atoms with Gasteiger partial charge in [-0.25, -0.2) is 4.98 Å². The summed E-state index contributed by atoms with van der Waals surface area (Å²) in [5.74, 6) is 0. The zero-order valence-electron chi connectivity index (χ0n) is 13.5. The highest BCUT2D eigenvalue weighted by atomic mass is 35.5. The van der Waals surface area contributed by atoms with E-state index >= 15 is 0 Å². The summed E-state index contributed by atoms with van der Waals surface area (Å²) < 4.78 is 2.23. The van der Waals surface area contributed by atoms with E-state index in [1.807, 2.05) is 6.20 Å². The normalized spacial score (nSPS) is 19.7. The van der Waals surface area contributed by atoms with Crippen molar-refractivity contribution in [1.82, 2.24) is 25.1 Å². The van der Waals surface area contributed by atoms with Gasteiger partial charge in [0.15, 0.2) is 0 Å². The molecule has 3 aromatic heterocycles. The maximum Gasteiger partial charge on any atom is 0.138 e. The molecule has 2 aliphatic rings. The Morgan fingerprint density at radius 3 is 2.92 bits per heavy atom. The predicted octanol–water partition coefficient (Wildman–Crippen LogP) is 3.49. The highest BCUT2D eigenvalue weighted by Gasteiger charge is 2.39. The summed E-state index contributed by atoms with van der Waals surface area (Å²) in [6.45, 7) is 3.23. The molecule has 0 atom stereocenters. The first kappa shape index (κ1) is 14.5. The standard InChI is InChI=1S/C18H20ClN5/c19-14-11-22-17-13(14)8-12(10-21-17)15-9-16-18(3-5-20-6-4-18)2-1-7-24(16)23-15/h8-11,20H,1-7H2,(H,21,22). The van der Waals surface area contributed by atoms with Crippen LogP contribution in [-0.2, 0) is 12.0 Å². The third-order valence-corrected chi connectivity index (χ3v) is 6.00. The van der Waals surface area contributed by atoms with Crippen LogP contribution in [0, 0.1) is 0 Å². The Bertz CT molecular complexity index is 903. The zero-order valence-corrected chi connectivity index (χ0v) is 14.2. The van der Waals surface area contributed by atoms with Crippen LogP contribution in [0.3, 0.4) is 0 Å². The Labute approximate surface area is 145 Å². The van der Waals surface area contributed by atoms with E-state index in [0.29, 0.717) is 10.4 Å². The van der Waals surface area contributed by atoms with E-state index < -0.39 is 0 Å². The molecule has 0 unspecified atom stereocenters. The van der Waals surface area contributed by atoms with E-state index in [1.54, 1.807) is 6.20 Å². The molecule has 5 heterocycles. The van der Waals surface area contributed by atoms with Crippen LogP contribution in [0.2, 0.25) is 5.02 Å². The molecule has 5 nitrogen and oxygen atoms in total. The number of aromatic amines is 1. The van der Waals surface area contributed by atoms with Crippen molar-refractivity contribution in [3.63, 3.8) is 0 Å². The summed E-state index contributed by atoms with van der Waals surface area (Å²) in [7, 11) is 0. The first-order valence-electron chi connectivity index (χ1n) is 8.67. The number of nitrogens with one attached hydrogen (secondary N) is 2. The predicted molar refractivity (Wildman–Crippen MR) is 95.3 cm³/mol. The van der Waals surface area contributed by atoms with Crippen LogP contribution in [0.15, 0.2) is 24.5 Å². The second-order valence-corrected chi connectivity index (χ2v) is 7.44. The van der Waals surface area contributed by atoms with Crippen molar-refractivity contribution in [2.45, 2.75) is 37.6 Å². The van der Waals surface area contributed by atoms with Crippen molar-refractivity contribution >= 4 is 22.6 Å². The van der Waals surface area contributed by atoms with E-state index in [1.165, 1.54) is 31.4 Å². The largest absolute Gasteiger partial charge is 0.345 e. The monoisotopic (exact) mass is 341 g/mol. The molecule has 0 amide bonds. The molecule has 1 fully saturated rings. The first-order valence-corrected chi connectivity index (χ1v) is 9.05. The molecule has 0 aromatic carbocycles. The van der Waals surface area contributed by atoms with Crippen LogP contribution < -0.4 is 5.32 Å². The fourth-order valence-corrected chi connectivity index (χ4v) is 4.57. The molecular weight excluding hydrogens is 322 g/mol. The Balaban J connectivity index is 1.61. The second-order valence-electron chi connectivity index (χ2n) is 7.03. The molecular formula is C18H20ClN5. The van der Waals surface area contributed by atoms with E-state index in [2.05, 4.69) is 32.1 Å². The number of hydrogen-bond acceptors (Lipinski definition) is 3. The van der Waals surface area contributed by atoms with Gasteiger partial charge in [0.25, 0.3) is 0 Å². The number of fused-ring (bicyclic) bond motifs is 3. The van der Waals surface area contributed by atoms with Gasteiger partial charge in [0.05, 0.1) is 10.7 Å². The van der Waals surface area contributed by atoms with Gasteiger partial charge in [-0.1, -0.05) is 11.6 Å². The molecule has 2 aliphatic heterocycles. The maximum atomic E-state index is 6.25. The first-order chi connectivity index (χ1) is 11.8. The molecule has 3 aromatic rings. The zero-order chi connectivity index (χ0) is 16.1. The van der Waals surface area contributed by atoms with Crippen molar-refractivity contribution < 1.29 is 0 Å². The van der Waals surface area contributed by atoms with Gasteiger partial charge in [0.2, 0.25) is 0 Å². The summed E-state index contributed by atoms with van der Waals surface area (Å²) in [4.78, 5) is 7.58. The number of nitrogens with zero attached hydrogens (tertiary/aromatic N) is 3. The van der Waals surface area contributed by atoms with Gasteiger partial charge in [-0.2, -0.15) is 5.10 Å². The highest BCUT2D eigenvalue weighted by Crippen LogP contribution is 2.42. The number of halogens is 1. The topological polar surface area (TPSA) is 58.5 Å². The third kappa shape index (κ3) is 2.11. The lowest BCUT2D eigenvalue weighted by Gasteiger charge is -2.40. The summed E-state index contributed by atoms with van der Waals surface area (Å²) in [6, 6.07) is 4.37. The summed E-state index contributed by atoms with van der Waals surface area (Å²) in [5, 5.41) is 10.0. The smallest absolute Gasteiger partial charge is 0.138 e. The van der Waals surface area contributed by atoms with Crippen LogP contribution in [0.5, 0.6) is 0 Å². The fourth-order valence-electron chi connectivity index (χ4n) is 4.37. The quantitative estimate of drug-likeness (QED) is 0.712. The van der Waals surface area contributed by atoms with E-state index in [4.69, 9.17) is 16.7 Å². The van der Waals surface area contributed by atoms with Crippen molar-refractivity contribution in [2.75, 3.05) is 13.1 Å². The summed E-state index contributed by atoms with van der Waals surface area (Å²) in [6.07, 6.45) is 8.58. The van der Waals surface area contributed by atoms with E-state index in [-0.39, 0.29) is 0 Å². The minimum absolute atomic E-state index is 0.304. The number of H-pyrrole nitrogens is 1. The van der Waals surface area contributed by atoms with Gasteiger partial charge in [0.1, 0.15) is 5.65 Å². The molecule has 0 aliphatic carbocycles. The van der Waals surface area contributed by atoms with Gasteiger partial charge in [-0.15, -0.1) is 0 Å². The lowest BCUT2D eigenvalue weighted by atomic mass is 9.71. The van der Waals surface area contributed by atoms with Crippen LogP contribution in [0.1, 0.15) is 31.4 Å². The highest BCUT2D eigenvalue weighted by molar-refractivity contribution is 6.35. The molecule has 6 heteroatoms. The molecule has 0 saturated carbocycles. The van der Waals surface area contributed by atoms with Gasteiger partial charge in [0, 0.05) is 41.0 Å². The van der Waals surface area contributed by atoms with Crippen molar-refractivity contribution in [2.24, 2.45) is 0 Å². The Kier molecular flexibility index (Phi) is 3.22. The Morgan fingerprint density at radius 2 is 2.04 bits per heavy atom. The molecule has 1 spiro atoms. The van der Waals surface area contributed by atoms with Gasteiger partial charge >= 0.3 is 0 Å². The van der Waals surface area contributed by atoms with Gasteiger partial charge in [-0.3, -0.25) is 4.68 Å². The van der Waals surface area contributed by atoms with E-state index in [9.17, 15) is 0 Å². The van der Waals surface area contributed by atoms with Crippen LogP contribution in [-0.4, -0.2) is 32.8 Å². The third-order valence-electron chi connectivity index (χ3n) is 5.69. The number of rotatable bonds is 1. The van der Waals surface area contributed by atoms with Crippen molar-refractivity contribution in [3.05, 3.63) is 35.2 Å². The van der Waals surface area contributed by atoms with Crippen LogP contribution in [0.25, 0.3) is 22.3 Å². The number of aryl methyl sites for hydroxylation is 1. The molecule has 124 valence electrons. The minimum atomic E-state index is 0.304. The van der Waals surface area contributed by atoms with E-state index in [0.717, 1.165) is 41.9 Å². The van der Waals surface area contributed by atoms with Gasteiger partial charge < -0.3 is 10.3 Å². The number of hydrogen-bond donors (Lipinski definition) is 2. The van der Waals surface area contributed by atoms with Crippen molar-refractivity contribution in [3.8, 4) is 11.3 Å². The van der Waals surface area contributed by atoms with Crippen LogP contribution >= 0.6 is 11.6 Å². The average molecular weight is 342 g/mol. The lowest BCUT2D eigenvalue weighted by molar-refractivity contribution is 0.230. The number of pyridine rings is 1. The Morgan fingerprint density at radius 1 is 1.17 bits per heavy atom. The molecule has 2 N–H and O–H groups in total. The number of aromatic nitrogens is 4. The minimum Gasteiger partial charge on any atom is -0.345 e. The molecule has 5 rings (SSSR count). The summed E-state index contributed by atoms with van der Waals surface area (Å²) >= 11 is 6.25. The summed E-state index contributed by atoms with van der Waals surface area (Å²) in [5.41, 5.74) is 4.58. The lowest BCUT2D eigenvalue weighted by Crippen LogP contribution is -2.43. The Hall–Kier alpha value is -1.85. The SMILES string of the molecule is Clc1c[nH]c2ncc(-c3cc4n(n3)CCCC43CCNCC3)cc12. The fraction of sp³-hybridized carbons (Fsp3) is 0.444. The molecule has 24 heavy (non-hydrogen) atoms. The number of piperidine rings is 1. The maximum absolute atomic E-state index is 6.25. The second kappa shape index (κ2) is 5.33. The van der Waals surface area contributed by atoms with Gasteiger partial charge in [-0.05, 0) is 50.9 Å². The molecule has 0 radical (unpaired) electrons.